The Kier molecular flexibility index (Phi) is 7.03. The summed E-state index contributed by atoms with van der Waals surface area (Å²) in [6, 6.07) is 23.2. The highest BCUT2D eigenvalue weighted by Gasteiger charge is 2.27. The molecule has 0 spiro atoms. The molecule has 0 aromatic heterocycles. The van der Waals surface area contributed by atoms with Crippen LogP contribution in [0, 0.1) is 13.8 Å². The number of hydrogen-bond donors (Lipinski definition) is 2. The predicted molar refractivity (Wildman–Crippen MR) is 122 cm³/mol. The third-order valence-electron chi connectivity index (χ3n) is 5.10. The van der Waals surface area contributed by atoms with Gasteiger partial charge < -0.3 is 10.2 Å². The van der Waals surface area contributed by atoms with Crippen molar-refractivity contribution in [3.05, 3.63) is 112 Å². The SMILES string of the molecule is Cc1cccc(CC(=O)O)c1.Cc1cccc(CC(O)=C2C(=O)Cc3ccccc32)c1. The van der Waals surface area contributed by atoms with Crippen molar-refractivity contribution in [3.8, 4) is 0 Å². The Labute approximate surface area is 182 Å². The molecule has 158 valence electrons. The zero-order valence-electron chi connectivity index (χ0n) is 17.8. The largest absolute Gasteiger partial charge is 0.511 e. The third-order valence-corrected chi connectivity index (χ3v) is 5.10. The minimum atomic E-state index is -0.782. The summed E-state index contributed by atoms with van der Waals surface area (Å²) in [4.78, 5) is 22.4. The number of benzene rings is 3. The van der Waals surface area contributed by atoms with Gasteiger partial charge >= 0.3 is 5.97 Å². The quantitative estimate of drug-likeness (QED) is 0.451. The second kappa shape index (κ2) is 9.90. The molecule has 0 fully saturated rings. The molecule has 0 radical (unpaired) electrons. The fourth-order valence-electron chi connectivity index (χ4n) is 3.75. The Morgan fingerprint density at radius 2 is 1.39 bits per heavy atom. The van der Waals surface area contributed by atoms with Gasteiger partial charge in [0, 0.05) is 12.8 Å². The van der Waals surface area contributed by atoms with Crippen molar-refractivity contribution in [3.63, 3.8) is 0 Å². The molecule has 1 aliphatic rings. The Balaban J connectivity index is 0.000000210. The van der Waals surface area contributed by atoms with Crippen LogP contribution >= 0.6 is 0 Å². The van der Waals surface area contributed by atoms with Crippen LogP contribution in [0.1, 0.15) is 33.4 Å². The molecule has 2 N–H and O–H groups in total. The van der Waals surface area contributed by atoms with Gasteiger partial charge in [-0.15, -0.1) is 0 Å². The van der Waals surface area contributed by atoms with Gasteiger partial charge in [-0.3, -0.25) is 9.59 Å². The first-order chi connectivity index (χ1) is 14.8. The van der Waals surface area contributed by atoms with E-state index in [0.717, 1.165) is 33.4 Å². The fourth-order valence-corrected chi connectivity index (χ4v) is 3.75. The van der Waals surface area contributed by atoms with Gasteiger partial charge in [0.15, 0.2) is 5.78 Å². The Hall–Kier alpha value is -3.66. The Bertz CT molecular complexity index is 1140. The van der Waals surface area contributed by atoms with Crippen LogP contribution in [0.5, 0.6) is 0 Å². The molecule has 0 bridgehead atoms. The van der Waals surface area contributed by atoms with Crippen molar-refractivity contribution >= 4 is 17.3 Å². The molecule has 0 heterocycles. The fraction of sp³-hybridized carbons (Fsp3) is 0.185. The smallest absolute Gasteiger partial charge is 0.307 e. The zero-order chi connectivity index (χ0) is 22.4. The minimum absolute atomic E-state index is 0.0105. The highest BCUT2D eigenvalue weighted by Crippen LogP contribution is 2.32. The molecule has 3 aromatic carbocycles. The first kappa shape index (κ1) is 22.0. The molecule has 1 aliphatic carbocycles. The summed E-state index contributed by atoms with van der Waals surface area (Å²) >= 11 is 0. The van der Waals surface area contributed by atoms with E-state index in [1.54, 1.807) is 0 Å². The number of aliphatic hydroxyl groups excluding tert-OH is 1. The number of rotatable bonds is 4. The zero-order valence-corrected chi connectivity index (χ0v) is 17.8. The van der Waals surface area contributed by atoms with Crippen LogP contribution in [0.15, 0.2) is 78.6 Å². The van der Waals surface area contributed by atoms with E-state index in [-0.39, 0.29) is 18.0 Å². The van der Waals surface area contributed by atoms with Gasteiger partial charge in [0.2, 0.25) is 0 Å². The number of aliphatic carboxylic acids is 1. The molecule has 4 rings (SSSR count). The summed E-state index contributed by atoms with van der Waals surface area (Å²) in [7, 11) is 0. The average Bonchev–Trinajstić information content (AvgIpc) is 3.04. The lowest BCUT2D eigenvalue weighted by Crippen LogP contribution is -2.01. The van der Waals surface area contributed by atoms with Crippen LogP contribution in [0.3, 0.4) is 0 Å². The molecule has 0 unspecified atom stereocenters. The molecule has 31 heavy (non-hydrogen) atoms. The second-order valence-corrected chi connectivity index (χ2v) is 7.80. The van der Waals surface area contributed by atoms with Crippen LogP contribution in [0.2, 0.25) is 0 Å². The van der Waals surface area contributed by atoms with Crippen LogP contribution in [-0.2, 0) is 28.9 Å². The van der Waals surface area contributed by atoms with E-state index in [2.05, 4.69) is 0 Å². The van der Waals surface area contributed by atoms with E-state index in [1.165, 1.54) is 0 Å². The first-order valence-electron chi connectivity index (χ1n) is 10.2. The van der Waals surface area contributed by atoms with E-state index in [0.29, 0.717) is 18.4 Å². The van der Waals surface area contributed by atoms with Gasteiger partial charge in [0.05, 0.1) is 12.0 Å². The summed E-state index contributed by atoms with van der Waals surface area (Å²) in [5, 5.41) is 18.8. The summed E-state index contributed by atoms with van der Waals surface area (Å²) < 4.78 is 0. The van der Waals surface area contributed by atoms with Gasteiger partial charge in [0.1, 0.15) is 5.76 Å². The molecule has 4 nitrogen and oxygen atoms in total. The molecule has 3 aromatic rings. The maximum Gasteiger partial charge on any atom is 0.307 e. The standard InChI is InChI=1S/C18H16O2.C9H10O2/c1-12-5-4-6-13(9-12)10-16(19)18-15-8-3-2-7-14(15)11-17(18)20;1-7-3-2-4-8(5-7)6-9(10)11/h2-9,19H,10-11H2,1H3;2-5H,6H2,1H3,(H,10,11). The number of hydrogen-bond acceptors (Lipinski definition) is 3. The summed E-state index contributed by atoms with van der Waals surface area (Å²) in [6.45, 7) is 3.97. The van der Waals surface area contributed by atoms with Gasteiger partial charge in [-0.1, -0.05) is 83.9 Å². The molecular weight excluding hydrogens is 388 g/mol. The number of carboxylic acid groups (broad SMARTS) is 1. The maximum atomic E-state index is 12.1. The van der Waals surface area contributed by atoms with Crippen molar-refractivity contribution in [2.24, 2.45) is 0 Å². The normalized spacial score (nSPS) is 13.8. The summed E-state index contributed by atoms with van der Waals surface area (Å²) in [5.41, 5.74) is 6.50. The molecular formula is C27H26O4. The maximum absolute atomic E-state index is 12.1. The highest BCUT2D eigenvalue weighted by atomic mass is 16.4. The van der Waals surface area contributed by atoms with Crippen molar-refractivity contribution in [1.29, 1.82) is 0 Å². The number of aryl methyl sites for hydroxylation is 2. The van der Waals surface area contributed by atoms with Gasteiger partial charge in [-0.2, -0.15) is 0 Å². The van der Waals surface area contributed by atoms with Gasteiger partial charge in [0.25, 0.3) is 0 Å². The number of carboxylic acids is 1. The second-order valence-electron chi connectivity index (χ2n) is 7.80. The average molecular weight is 415 g/mol. The number of fused-ring (bicyclic) bond motifs is 1. The van der Waals surface area contributed by atoms with Gasteiger partial charge in [-0.05, 0) is 36.1 Å². The number of carbonyl (C=O) groups excluding carboxylic acids is 1. The van der Waals surface area contributed by atoms with Crippen molar-refractivity contribution in [1.82, 2.24) is 0 Å². The molecule has 0 aliphatic heterocycles. The van der Waals surface area contributed by atoms with Crippen molar-refractivity contribution in [2.45, 2.75) is 33.1 Å². The molecule has 0 atom stereocenters. The van der Waals surface area contributed by atoms with E-state index < -0.39 is 5.97 Å². The number of ketones is 1. The third kappa shape index (κ3) is 5.92. The lowest BCUT2D eigenvalue weighted by atomic mass is 10.0. The number of carbonyl (C=O) groups is 2. The summed E-state index contributed by atoms with van der Waals surface area (Å²) in [6.07, 6.45) is 0.905. The monoisotopic (exact) mass is 414 g/mol. The molecule has 4 heteroatoms. The highest BCUT2D eigenvalue weighted by molar-refractivity contribution is 6.25. The molecule has 0 saturated heterocycles. The number of Topliss-reactive ketones (excluding diaryl/α,β-unsaturated/α-hetero) is 1. The Morgan fingerprint density at radius 1 is 0.806 bits per heavy atom. The molecule has 0 amide bonds. The van der Waals surface area contributed by atoms with E-state index in [4.69, 9.17) is 5.11 Å². The first-order valence-corrected chi connectivity index (χ1v) is 10.2. The summed E-state index contributed by atoms with van der Waals surface area (Å²) in [5.74, 6) is -0.600. The van der Waals surface area contributed by atoms with Gasteiger partial charge in [-0.25, -0.2) is 0 Å². The van der Waals surface area contributed by atoms with E-state index in [9.17, 15) is 14.7 Å². The van der Waals surface area contributed by atoms with Crippen LogP contribution in [-0.4, -0.2) is 22.0 Å². The van der Waals surface area contributed by atoms with Crippen LogP contribution in [0.25, 0.3) is 5.57 Å². The Morgan fingerprint density at radius 3 is 1.97 bits per heavy atom. The number of aliphatic hydroxyl groups is 1. The minimum Gasteiger partial charge on any atom is -0.511 e. The topological polar surface area (TPSA) is 74.6 Å². The lowest BCUT2D eigenvalue weighted by Gasteiger charge is -2.06. The van der Waals surface area contributed by atoms with Crippen LogP contribution in [0.4, 0.5) is 0 Å². The van der Waals surface area contributed by atoms with Crippen molar-refractivity contribution < 1.29 is 19.8 Å². The van der Waals surface area contributed by atoms with E-state index >= 15 is 0 Å². The van der Waals surface area contributed by atoms with Crippen LogP contribution < -0.4 is 0 Å². The molecule has 0 saturated carbocycles. The van der Waals surface area contributed by atoms with Crippen molar-refractivity contribution in [2.75, 3.05) is 0 Å². The van der Waals surface area contributed by atoms with E-state index in [1.807, 2.05) is 86.6 Å². The lowest BCUT2D eigenvalue weighted by molar-refractivity contribution is -0.136. The number of allylic oxidation sites excluding steroid dienone is 2. The predicted octanol–water partition coefficient (Wildman–Crippen LogP) is 5.25.